The number of aromatic nitrogens is 1. The SMILES string of the molecule is CC(C)[C@H](NC(=O)c1ccc2ccccc2n1)C(=O)N[C@@H](CC(=O)O)C(=O)N[C@H](C(=O)N1CC[C@@H](CC(C)(C)C)C1C(=O)NN(CC(=O)O)C(=O)/C=C/C(=O)N(C)Cc1ccccc1)C(C)C. The minimum atomic E-state index is -1.71. The molecule has 2 aromatic carbocycles. The average molecular weight is 927 g/mol. The third-order valence-electron chi connectivity index (χ3n) is 11.1. The van der Waals surface area contributed by atoms with E-state index < -0.39 is 108 Å². The molecular weight excluding hydrogens is 865 g/mol. The van der Waals surface area contributed by atoms with E-state index in [-0.39, 0.29) is 24.2 Å². The van der Waals surface area contributed by atoms with Crippen LogP contribution in [0.25, 0.3) is 10.9 Å². The van der Waals surface area contributed by atoms with Gasteiger partial charge in [-0.25, -0.2) is 9.99 Å². The highest BCUT2D eigenvalue weighted by molar-refractivity contribution is 6.01. The van der Waals surface area contributed by atoms with Gasteiger partial charge in [0.1, 0.15) is 36.4 Å². The van der Waals surface area contributed by atoms with Crippen molar-refractivity contribution in [3.8, 4) is 0 Å². The second-order valence-electron chi connectivity index (χ2n) is 18.6. The van der Waals surface area contributed by atoms with Gasteiger partial charge in [-0.1, -0.05) is 103 Å². The van der Waals surface area contributed by atoms with Crippen LogP contribution in [0.4, 0.5) is 0 Å². The van der Waals surface area contributed by atoms with Gasteiger partial charge in [0.15, 0.2) is 0 Å². The Morgan fingerprint density at radius 2 is 1.40 bits per heavy atom. The first-order valence-electron chi connectivity index (χ1n) is 22.1. The molecule has 19 heteroatoms. The van der Waals surface area contributed by atoms with Crippen molar-refractivity contribution in [1.82, 2.24) is 41.2 Å². The lowest BCUT2D eigenvalue weighted by atomic mass is 9.81. The summed E-state index contributed by atoms with van der Waals surface area (Å²) in [5.41, 5.74) is 3.42. The molecule has 1 fully saturated rings. The van der Waals surface area contributed by atoms with Crippen LogP contribution in [0, 0.1) is 23.2 Å². The molecule has 6 N–H and O–H groups in total. The number of hydrogen-bond acceptors (Lipinski definition) is 10. The quantitative estimate of drug-likeness (QED) is 0.0749. The standard InChI is InChI=1S/C48H62N8O11/c1-28(2)40(51-43(63)34-19-18-31-16-12-13-17-33(31)49-34)45(65)50-35(24-38(59)60)44(64)52-41(29(3)4)47(67)55-23-22-32(25-48(5,6)7)42(55)46(66)53-56(27-39(61)62)37(58)21-20-36(57)54(8)26-30-14-10-9-11-15-30/h9-21,28-29,32,35,40-42H,22-27H2,1-8H3,(H,50,65)(H,51,63)(H,52,64)(H,53,66)(H,59,60)(H,61,62)/b21-20+/t32-,35-,40-,41-,42?/m0/s1. The van der Waals surface area contributed by atoms with E-state index in [1.807, 2.05) is 63.2 Å². The van der Waals surface area contributed by atoms with Crippen LogP contribution in [-0.4, -0.2) is 128 Å². The number of aliphatic carboxylic acids is 2. The van der Waals surface area contributed by atoms with Crippen molar-refractivity contribution in [2.24, 2.45) is 23.2 Å². The van der Waals surface area contributed by atoms with Crippen molar-refractivity contribution in [3.05, 3.63) is 90.1 Å². The average Bonchev–Trinajstić information content (AvgIpc) is 3.67. The van der Waals surface area contributed by atoms with Crippen molar-refractivity contribution >= 4 is 64.2 Å². The third-order valence-corrected chi connectivity index (χ3v) is 11.1. The highest BCUT2D eigenvalue weighted by Gasteiger charge is 2.46. The Labute approximate surface area is 389 Å². The molecule has 0 bridgehead atoms. The van der Waals surface area contributed by atoms with E-state index in [4.69, 9.17) is 0 Å². The van der Waals surface area contributed by atoms with E-state index in [9.17, 15) is 53.4 Å². The number of hydrogen-bond donors (Lipinski definition) is 6. The summed E-state index contributed by atoms with van der Waals surface area (Å²) >= 11 is 0. The fourth-order valence-electron chi connectivity index (χ4n) is 7.80. The Hall–Kier alpha value is -7.18. The molecule has 1 aliphatic heterocycles. The van der Waals surface area contributed by atoms with Crippen LogP contribution < -0.4 is 21.4 Å². The Balaban J connectivity index is 1.54. The number of carbonyl (C=O) groups excluding carboxylic acids is 7. The summed E-state index contributed by atoms with van der Waals surface area (Å²) in [6.07, 6.45) is 1.65. The van der Waals surface area contributed by atoms with Gasteiger partial charge in [-0.3, -0.25) is 48.6 Å². The fraction of sp³-hybridized carbons (Fsp3) is 0.458. The summed E-state index contributed by atoms with van der Waals surface area (Å²) in [4.78, 5) is 127. The zero-order valence-electron chi connectivity index (χ0n) is 39.1. The van der Waals surface area contributed by atoms with Gasteiger partial charge in [0.25, 0.3) is 17.7 Å². The van der Waals surface area contributed by atoms with E-state index in [1.165, 1.54) is 22.9 Å². The lowest BCUT2D eigenvalue weighted by molar-refractivity contribution is -0.151. The molecule has 0 aliphatic carbocycles. The number of pyridine rings is 1. The van der Waals surface area contributed by atoms with Gasteiger partial charge in [0.2, 0.25) is 23.6 Å². The number of para-hydroxylation sites is 1. The lowest BCUT2D eigenvalue weighted by Crippen LogP contribution is -2.61. The van der Waals surface area contributed by atoms with Crippen LogP contribution in [0.2, 0.25) is 0 Å². The minimum Gasteiger partial charge on any atom is -0.481 e. The van der Waals surface area contributed by atoms with Crippen molar-refractivity contribution in [2.45, 2.75) is 98.4 Å². The van der Waals surface area contributed by atoms with Gasteiger partial charge in [-0.15, -0.1) is 0 Å². The Bertz CT molecular complexity index is 2350. The molecule has 0 radical (unpaired) electrons. The van der Waals surface area contributed by atoms with Gasteiger partial charge in [-0.05, 0) is 53.7 Å². The molecular formula is C48H62N8O11. The number of fused-ring (bicyclic) bond motifs is 1. The van der Waals surface area contributed by atoms with Gasteiger partial charge < -0.3 is 36.0 Å². The summed E-state index contributed by atoms with van der Waals surface area (Å²) in [5, 5.41) is 28.5. The molecule has 19 nitrogen and oxygen atoms in total. The number of rotatable bonds is 19. The Morgan fingerprint density at radius 1 is 0.776 bits per heavy atom. The number of carboxylic acid groups (broad SMARTS) is 2. The number of nitrogens with one attached hydrogen (secondary N) is 4. The first-order chi connectivity index (χ1) is 31.4. The molecule has 5 atom stereocenters. The fourth-order valence-corrected chi connectivity index (χ4v) is 7.80. The van der Waals surface area contributed by atoms with Gasteiger partial charge in [0.05, 0.1) is 11.9 Å². The normalized spacial score (nSPS) is 16.2. The molecule has 1 aliphatic rings. The van der Waals surface area contributed by atoms with E-state index in [0.29, 0.717) is 23.4 Å². The number of amides is 7. The highest BCUT2D eigenvalue weighted by atomic mass is 16.4. The van der Waals surface area contributed by atoms with E-state index in [0.717, 1.165) is 23.1 Å². The van der Waals surface area contributed by atoms with E-state index >= 15 is 0 Å². The summed E-state index contributed by atoms with van der Waals surface area (Å²) in [7, 11) is 1.52. The monoisotopic (exact) mass is 926 g/mol. The first-order valence-corrected chi connectivity index (χ1v) is 22.1. The van der Waals surface area contributed by atoms with Crippen LogP contribution in [-0.2, 0) is 44.9 Å². The number of hydrazine groups is 1. The van der Waals surface area contributed by atoms with Crippen LogP contribution in [0.3, 0.4) is 0 Å². The van der Waals surface area contributed by atoms with Crippen LogP contribution >= 0.6 is 0 Å². The van der Waals surface area contributed by atoms with Crippen LogP contribution in [0.15, 0.2) is 78.9 Å². The number of carbonyl (C=O) groups is 9. The largest absolute Gasteiger partial charge is 0.481 e. The van der Waals surface area contributed by atoms with Crippen molar-refractivity contribution in [1.29, 1.82) is 0 Å². The molecule has 7 amide bonds. The predicted octanol–water partition coefficient (Wildman–Crippen LogP) is 2.90. The Morgan fingerprint density at radius 3 is 2.01 bits per heavy atom. The molecule has 1 unspecified atom stereocenters. The molecule has 3 aromatic rings. The predicted molar refractivity (Wildman–Crippen MR) is 246 cm³/mol. The maximum atomic E-state index is 14.6. The zero-order chi connectivity index (χ0) is 49.7. The summed E-state index contributed by atoms with van der Waals surface area (Å²) in [6, 6.07) is 13.8. The number of likely N-dealkylation sites (tertiary alicyclic amines) is 1. The third kappa shape index (κ3) is 15.2. The first kappa shape index (κ1) is 52.4. The molecule has 360 valence electrons. The maximum absolute atomic E-state index is 14.6. The minimum absolute atomic E-state index is 0.0293. The zero-order valence-corrected chi connectivity index (χ0v) is 39.1. The van der Waals surface area contributed by atoms with Crippen molar-refractivity contribution in [2.75, 3.05) is 20.1 Å². The molecule has 1 saturated heterocycles. The van der Waals surface area contributed by atoms with E-state index in [2.05, 4.69) is 26.4 Å². The number of nitrogens with zero attached hydrogens (tertiary/aromatic N) is 4. The second kappa shape index (κ2) is 23.3. The summed E-state index contributed by atoms with van der Waals surface area (Å²) in [6.45, 7) is 11.6. The highest BCUT2D eigenvalue weighted by Crippen LogP contribution is 2.36. The molecule has 1 aromatic heterocycles. The maximum Gasteiger partial charge on any atom is 0.325 e. The molecule has 0 saturated carbocycles. The van der Waals surface area contributed by atoms with Gasteiger partial charge >= 0.3 is 11.9 Å². The smallest absolute Gasteiger partial charge is 0.325 e. The summed E-state index contributed by atoms with van der Waals surface area (Å²) < 4.78 is 0. The number of carboxylic acids is 2. The van der Waals surface area contributed by atoms with Crippen LogP contribution in [0.1, 0.15) is 83.8 Å². The molecule has 2 heterocycles. The lowest BCUT2D eigenvalue weighted by Gasteiger charge is -2.35. The molecule has 0 spiro atoms. The van der Waals surface area contributed by atoms with Crippen LogP contribution in [0.5, 0.6) is 0 Å². The molecule has 67 heavy (non-hydrogen) atoms. The van der Waals surface area contributed by atoms with Crippen molar-refractivity contribution in [3.63, 3.8) is 0 Å². The van der Waals surface area contributed by atoms with Gasteiger partial charge in [-0.2, -0.15) is 0 Å². The summed E-state index contributed by atoms with van der Waals surface area (Å²) in [5.74, 6) is -10.4. The topological polar surface area (TPSA) is 265 Å². The molecule has 4 rings (SSSR count). The number of benzene rings is 2. The van der Waals surface area contributed by atoms with E-state index in [1.54, 1.807) is 45.9 Å². The van der Waals surface area contributed by atoms with Gasteiger partial charge in [0, 0.05) is 37.7 Å². The number of likely N-dealkylation sites (N-methyl/N-ethyl adjacent to an activating group) is 1. The second-order valence-corrected chi connectivity index (χ2v) is 18.6. The Kier molecular flexibility index (Phi) is 18.3. The van der Waals surface area contributed by atoms with Crippen molar-refractivity contribution < 1.29 is 53.4 Å².